The summed E-state index contributed by atoms with van der Waals surface area (Å²) in [5.41, 5.74) is 0.174. The molecule has 2 heterocycles. The van der Waals surface area contributed by atoms with Crippen molar-refractivity contribution >= 4 is 5.91 Å². The van der Waals surface area contributed by atoms with E-state index in [9.17, 15) is 22.8 Å². The molecule has 0 aliphatic carbocycles. The van der Waals surface area contributed by atoms with Gasteiger partial charge in [-0.05, 0) is 11.6 Å². The summed E-state index contributed by atoms with van der Waals surface area (Å²) in [5.74, 6) is -2.52. The molecule has 0 aromatic carbocycles. The fraction of sp³-hybridized carbons (Fsp3) is 0.462. The van der Waals surface area contributed by atoms with E-state index in [-0.39, 0.29) is 18.6 Å². The Hall–Kier alpha value is -2.30. The first-order valence-corrected chi connectivity index (χ1v) is 6.13. The van der Waals surface area contributed by atoms with Crippen molar-refractivity contribution in [2.24, 2.45) is 7.05 Å². The van der Waals surface area contributed by atoms with E-state index in [1.54, 1.807) is 13.1 Å². The minimum Gasteiger partial charge on any atom is -0.326 e. The average Bonchev–Trinajstić information content (AvgIpc) is 2.84. The molecule has 1 amide bonds. The van der Waals surface area contributed by atoms with Crippen LogP contribution in [0.2, 0.25) is 0 Å². The number of halogens is 3. The lowest BCUT2D eigenvalue weighted by Gasteiger charge is -2.16. The molecule has 1 aromatic rings. The number of rotatable bonds is 1. The number of hydrogen-bond acceptors (Lipinski definition) is 2. The molecule has 0 saturated carbocycles. The molecule has 112 valence electrons. The topological polar surface area (TPSA) is 46.7 Å². The fourth-order valence-electron chi connectivity index (χ4n) is 2.38. The van der Waals surface area contributed by atoms with Crippen LogP contribution in [0.25, 0.3) is 4.85 Å². The molecule has 0 unspecified atom stereocenters. The van der Waals surface area contributed by atoms with E-state index in [2.05, 4.69) is 4.85 Å². The lowest BCUT2D eigenvalue weighted by Crippen LogP contribution is -2.39. The van der Waals surface area contributed by atoms with E-state index >= 15 is 0 Å². The Morgan fingerprint density at radius 1 is 1.43 bits per heavy atom. The molecule has 1 saturated heterocycles. The summed E-state index contributed by atoms with van der Waals surface area (Å²) in [7, 11) is 1.55. The monoisotopic (exact) mass is 299 g/mol. The molecule has 1 fully saturated rings. The Bertz CT molecular complexity index is 660. The lowest BCUT2D eigenvalue weighted by molar-refractivity contribution is -0.184. The van der Waals surface area contributed by atoms with Crippen molar-refractivity contribution in [3.8, 4) is 0 Å². The van der Waals surface area contributed by atoms with Gasteiger partial charge in [0.15, 0.2) is 0 Å². The second-order valence-corrected chi connectivity index (χ2v) is 4.92. The van der Waals surface area contributed by atoms with Gasteiger partial charge in [0, 0.05) is 25.9 Å². The third kappa shape index (κ3) is 2.91. The van der Waals surface area contributed by atoms with Gasteiger partial charge in [-0.15, -0.1) is 0 Å². The molecule has 2 atom stereocenters. The number of alkyl halides is 3. The van der Waals surface area contributed by atoms with E-state index in [0.717, 1.165) is 0 Å². The molecule has 21 heavy (non-hydrogen) atoms. The van der Waals surface area contributed by atoms with Gasteiger partial charge in [0.1, 0.15) is 0 Å². The average molecular weight is 299 g/mol. The molecule has 1 aliphatic heterocycles. The zero-order valence-corrected chi connectivity index (χ0v) is 11.1. The first-order chi connectivity index (χ1) is 9.74. The van der Waals surface area contributed by atoms with Gasteiger partial charge < -0.3 is 14.3 Å². The van der Waals surface area contributed by atoms with Gasteiger partial charge in [-0.2, -0.15) is 13.2 Å². The van der Waals surface area contributed by atoms with Crippen LogP contribution in [0.15, 0.2) is 23.1 Å². The number of aryl methyl sites for hydroxylation is 1. The molecule has 0 spiro atoms. The smallest absolute Gasteiger partial charge is 0.326 e. The molecule has 0 bridgehead atoms. The summed E-state index contributed by atoms with van der Waals surface area (Å²) in [4.78, 5) is 26.8. The maximum absolute atomic E-state index is 12.5. The maximum atomic E-state index is 12.5. The van der Waals surface area contributed by atoms with Crippen molar-refractivity contribution in [2.75, 3.05) is 13.1 Å². The van der Waals surface area contributed by atoms with Gasteiger partial charge >= 0.3 is 12.1 Å². The highest BCUT2D eigenvalue weighted by atomic mass is 19.4. The van der Waals surface area contributed by atoms with Crippen LogP contribution < -0.4 is 5.56 Å². The highest BCUT2D eigenvalue weighted by molar-refractivity contribution is 5.82. The lowest BCUT2D eigenvalue weighted by atomic mass is 9.96. The second kappa shape index (κ2) is 5.24. The van der Waals surface area contributed by atoms with Crippen molar-refractivity contribution in [3.05, 3.63) is 45.7 Å². The van der Waals surface area contributed by atoms with Crippen LogP contribution >= 0.6 is 0 Å². The predicted octanol–water partition coefficient (Wildman–Crippen LogP) is 1.16. The van der Waals surface area contributed by atoms with Crippen molar-refractivity contribution < 1.29 is 18.0 Å². The Balaban J connectivity index is 2.28. The quantitative estimate of drug-likeness (QED) is 0.731. The van der Waals surface area contributed by atoms with Crippen LogP contribution in [0.5, 0.6) is 0 Å². The van der Waals surface area contributed by atoms with E-state index in [1.165, 1.54) is 16.8 Å². The summed E-state index contributed by atoms with van der Waals surface area (Å²) >= 11 is 0. The van der Waals surface area contributed by atoms with Gasteiger partial charge in [-0.3, -0.25) is 9.59 Å². The van der Waals surface area contributed by atoms with Crippen molar-refractivity contribution in [1.82, 2.24) is 9.47 Å². The third-order valence-corrected chi connectivity index (χ3v) is 3.54. The van der Waals surface area contributed by atoms with Crippen molar-refractivity contribution in [1.29, 1.82) is 0 Å². The van der Waals surface area contributed by atoms with Crippen LogP contribution in [0.1, 0.15) is 11.5 Å². The fourth-order valence-corrected chi connectivity index (χ4v) is 2.38. The van der Waals surface area contributed by atoms with Crippen LogP contribution in [-0.4, -0.2) is 40.7 Å². The molecule has 2 rings (SSSR count). The van der Waals surface area contributed by atoms with Crippen LogP contribution in [0, 0.1) is 6.57 Å². The Morgan fingerprint density at radius 2 is 2.10 bits per heavy atom. The minimum atomic E-state index is -4.95. The van der Waals surface area contributed by atoms with Gasteiger partial charge in [0.05, 0.1) is 12.5 Å². The predicted molar refractivity (Wildman–Crippen MR) is 67.4 cm³/mol. The summed E-state index contributed by atoms with van der Waals surface area (Å²) < 4.78 is 38.7. The zero-order valence-electron chi connectivity index (χ0n) is 11.1. The van der Waals surface area contributed by atoms with Crippen LogP contribution in [-0.2, 0) is 11.8 Å². The molecule has 5 nitrogen and oxygen atoms in total. The van der Waals surface area contributed by atoms with Crippen molar-refractivity contribution in [2.45, 2.75) is 18.1 Å². The number of pyridine rings is 1. The van der Waals surface area contributed by atoms with Gasteiger partial charge in [0.25, 0.3) is 5.56 Å². The Labute approximate surface area is 118 Å². The van der Waals surface area contributed by atoms with E-state index in [4.69, 9.17) is 6.57 Å². The normalized spacial score (nSPS) is 22.1. The molecular weight excluding hydrogens is 287 g/mol. The number of likely N-dealkylation sites (tertiary alicyclic amines) is 1. The van der Waals surface area contributed by atoms with Gasteiger partial charge in [0.2, 0.25) is 6.04 Å². The number of hydrogen-bond donors (Lipinski definition) is 0. The first kappa shape index (κ1) is 15.1. The third-order valence-electron chi connectivity index (χ3n) is 3.54. The molecule has 8 heteroatoms. The standard InChI is InChI=1S/C13H12F3N3O2/c1-17-10-7-19(12(21)13(14,15)16)6-9(10)8-3-4-18(2)11(20)5-8/h3-5,9-10H,6-7H2,2H3/t9-,10+/m0/s1. The number of nitrogens with zero attached hydrogens (tertiary/aromatic N) is 3. The van der Waals surface area contributed by atoms with E-state index in [0.29, 0.717) is 10.5 Å². The van der Waals surface area contributed by atoms with Gasteiger partial charge in [-0.1, -0.05) is 0 Å². The zero-order chi connectivity index (χ0) is 15.8. The summed E-state index contributed by atoms with van der Waals surface area (Å²) in [6.07, 6.45) is -3.46. The number of carbonyl (C=O) groups is 1. The molecular formula is C13H12F3N3O2. The molecule has 0 N–H and O–H groups in total. The highest BCUT2D eigenvalue weighted by Gasteiger charge is 2.49. The highest BCUT2D eigenvalue weighted by Crippen LogP contribution is 2.32. The molecule has 0 radical (unpaired) electrons. The molecule has 1 aromatic heterocycles. The Kier molecular flexibility index (Phi) is 3.77. The Morgan fingerprint density at radius 3 is 2.62 bits per heavy atom. The summed E-state index contributed by atoms with van der Waals surface area (Å²) in [5, 5.41) is 0. The first-order valence-electron chi connectivity index (χ1n) is 6.13. The van der Waals surface area contributed by atoms with E-state index < -0.39 is 24.0 Å². The number of aromatic nitrogens is 1. The SMILES string of the molecule is [C-]#[N+][C@@H]1CN(C(=O)C(F)(F)F)C[C@H]1c1ccn(C)c(=O)c1. The van der Waals surface area contributed by atoms with Crippen molar-refractivity contribution in [3.63, 3.8) is 0 Å². The number of carbonyl (C=O) groups excluding carboxylic acids is 1. The number of amides is 1. The second-order valence-electron chi connectivity index (χ2n) is 4.92. The molecule has 1 aliphatic rings. The van der Waals surface area contributed by atoms with Crippen LogP contribution in [0.4, 0.5) is 13.2 Å². The summed E-state index contributed by atoms with van der Waals surface area (Å²) in [6, 6.07) is 2.11. The van der Waals surface area contributed by atoms with Gasteiger partial charge in [-0.25, -0.2) is 6.57 Å². The summed E-state index contributed by atoms with van der Waals surface area (Å²) in [6.45, 7) is 6.60. The van der Waals surface area contributed by atoms with E-state index in [1.807, 2.05) is 0 Å². The van der Waals surface area contributed by atoms with Crippen LogP contribution in [0.3, 0.4) is 0 Å². The maximum Gasteiger partial charge on any atom is 0.471 e. The minimum absolute atomic E-state index is 0.210. The largest absolute Gasteiger partial charge is 0.471 e.